The molecule has 0 aromatic carbocycles. The molecule has 8 nitrogen and oxygen atoms in total. The Morgan fingerprint density at radius 1 is 1.25 bits per heavy atom. The second-order valence-corrected chi connectivity index (χ2v) is 6.98. The summed E-state index contributed by atoms with van der Waals surface area (Å²) in [5.41, 5.74) is 1.42. The van der Waals surface area contributed by atoms with Gasteiger partial charge in [0.25, 0.3) is 0 Å². The molecule has 146 valence electrons. The first-order valence-corrected chi connectivity index (χ1v) is 9.67. The summed E-state index contributed by atoms with van der Waals surface area (Å²) >= 11 is 0. The number of nitrogens with one attached hydrogen (secondary N) is 1. The molecule has 0 spiro atoms. The first-order valence-electron chi connectivity index (χ1n) is 9.67. The standard InChI is InChI=1S/C20H24N6O2/c27-20(23-14-17-13-19(24-28-17)18-6-1-3-8-22-18)26-10-4-2-5-16(26)7-11-25-12-9-21-15-25/h1,3,6,8-9,12-13,15-16H,2,4-5,7,10-11,14H2,(H,23,27). The van der Waals surface area contributed by atoms with Gasteiger partial charge in [-0.15, -0.1) is 0 Å². The minimum Gasteiger partial charge on any atom is -0.359 e. The Balaban J connectivity index is 1.32. The van der Waals surface area contributed by atoms with Crippen molar-refractivity contribution >= 4 is 6.03 Å². The van der Waals surface area contributed by atoms with Crippen LogP contribution in [0, 0.1) is 0 Å². The number of aromatic nitrogens is 4. The highest BCUT2D eigenvalue weighted by molar-refractivity contribution is 5.74. The van der Waals surface area contributed by atoms with Gasteiger partial charge in [-0.1, -0.05) is 11.2 Å². The van der Waals surface area contributed by atoms with Gasteiger partial charge in [0.15, 0.2) is 5.76 Å². The van der Waals surface area contributed by atoms with Gasteiger partial charge in [-0.25, -0.2) is 9.78 Å². The van der Waals surface area contributed by atoms with Gasteiger partial charge < -0.3 is 19.3 Å². The number of aryl methyl sites for hydroxylation is 1. The molecule has 1 N–H and O–H groups in total. The zero-order chi connectivity index (χ0) is 19.2. The van der Waals surface area contributed by atoms with Gasteiger partial charge in [-0.05, 0) is 37.8 Å². The molecule has 0 aliphatic carbocycles. The summed E-state index contributed by atoms with van der Waals surface area (Å²) in [6, 6.07) is 7.64. The van der Waals surface area contributed by atoms with E-state index in [0.29, 0.717) is 18.0 Å². The lowest BCUT2D eigenvalue weighted by molar-refractivity contribution is 0.143. The summed E-state index contributed by atoms with van der Waals surface area (Å²) in [5, 5.41) is 7.01. The minimum absolute atomic E-state index is 0.0499. The average molecular weight is 380 g/mol. The van der Waals surface area contributed by atoms with Crippen molar-refractivity contribution in [2.45, 2.75) is 44.8 Å². The fraction of sp³-hybridized carbons (Fsp3) is 0.400. The Hall–Kier alpha value is -3.16. The van der Waals surface area contributed by atoms with E-state index in [1.165, 1.54) is 0 Å². The number of hydrogen-bond donors (Lipinski definition) is 1. The maximum absolute atomic E-state index is 12.7. The summed E-state index contributed by atoms with van der Waals surface area (Å²) in [5.74, 6) is 0.612. The van der Waals surface area contributed by atoms with E-state index in [1.807, 2.05) is 41.7 Å². The lowest BCUT2D eigenvalue weighted by atomic mass is 10.00. The van der Waals surface area contributed by atoms with Crippen LogP contribution in [0.3, 0.4) is 0 Å². The van der Waals surface area contributed by atoms with Crippen molar-refractivity contribution in [1.82, 2.24) is 29.9 Å². The summed E-state index contributed by atoms with van der Waals surface area (Å²) in [6.45, 7) is 1.96. The number of nitrogens with zero attached hydrogens (tertiary/aromatic N) is 5. The molecule has 4 heterocycles. The van der Waals surface area contributed by atoms with E-state index in [0.717, 1.165) is 44.5 Å². The normalized spacial score (nSPS) is 16.9. The Bertz CT molecular complexity index is 877. The number of imidazole rings is 1. The van der Waals surface area contributed by atoms with Crippen molar-refractivity contribution in [1.29, 1.82) is 0 Å². The van der Waals surface area contributed by atoms with Crippen LogP contribution in [-0.4, -0.2) is 43.2 Å². The lowest BCUT2D eigenvalue weighted by Crippen LogP contribution is -2.48. The summed E-state index contributed by atoms with van der Waals surface area (Å²) in [4.78, 5) is 23.0. The largest absolute Gasteiger partial charge is 0.359 e. The second kappa shape index (κ2) is 8.69. The number of rotatable bonds is 6. The average Bonchev–Trinajstić information content (AvgIpc) is 3.43. The van der Waals surface area contributed by atoms with Crippen LogP contribution in [0.2, 0.25) is 0 Å². The van der Waals surface area contributed by atoms with E-state index in [4.69, 9.17) is 4.52 Å². The molecular weight excluding hydrogens is 356 g/mol. The van der Waals surface area contributed by atoms with E-state index in [1.54, 1.807) is 12.4 Å². The molecule has 0 radical (unpaired) electrons. The zero-order valence-electron chi connectivity index (χ0n) is 15.7. The van der Waals surface area contributed by atoms with Crippen molar-refractivity contribution in [3.8, 4) is 11.4 Å². The van der Waals surface area contributed by atoms with Crippen LogP contribution in [0.25, 0.3) is 11.4 Å². The molecule has 1 fully saturated rings. The molecule has 1 aliphatic heterocycles. The Morgan fingerprint density at radius 3 is 3.04 bits per heavy atom. The van der Waals surface area contributed by atoms with Gasteiger partial charge in [-0.2, -0.15) is 0 Å². The van der Waals surface area contributed by atoms with Crippen LogP contribution in [-0.2, 0) is 13.1 Å². The predicted molar refractivity (Wildman–Crippen MR) is 103 cm³/mol. The molecule has 0 bridgehead atoms. The van der Waals surface area contributed by atoms with Crippen LogP contribution >= 0.6 is 0 Å². The van der Waals surface area contributed by atoms with Crippen LogP contribution < -0.4 is 5.32 Å². The Morgan fingerprint density at radius 2 is 2.21 bits per heavy atom. The zero-order valence-corrected chi connectivity index (χ0v) is 15.7. The summed E-state index contributed by atoms with van der Waals surface area (Å²) < 4.78 is 7.40. The third kappa shape index (κ3) is 4.39. The highest BCUT2D eigenvalue weighted by atomic mass is 16.5. The molecule has 1 aliphatic rings. The first-order chi connectivity index (χ1) is 13.8. The molecule has 4 rings (SSSR count). The van der Waals surface area contributed by atoms with Gasteiger partial charge in [0.2, 0.25) is 0 Å². The number of urea groups is 1. The van der Waals surface area contributed by atoms with Gasteiger partial charge in [-0.3, -0.25) is 4.98 Å². The number of pyridine rings is 1. The maximum Gasteiger partial charge on any atom is 0.318 e. The first kappa shape index (κ1) is 18.2. The van der Waals surface area contributed by atoms with Crippen LogP contribution in [0.4, 0.5) is 4.79 Å². The van der Waals surface area contributed by atoms with E-state index in [9.17, 15) is 4.79 Å². The van der Waals surface area contributed by atoms with Crippen LogP contribution in [0.15, 0.2) is 53.7 Å². The Labute approximate surface area is 163 Å². The number of hydrogen-bond acceptors (Lipinski definition) is 5. The van der Waals surface area contributed by atoms with Crippen molar-refractivity contribution < 1.29 is 9.32 Å². The third-order valence-corrected chi connectivity index (χ3v) is 5.07. The molecule has 2 amide bonds. The van der Waals surface area contributed by atoms with Crippen molar-refractivity contribution in [3.63, 3.8) is 0 Å². The number of carbonyl (C=O) groups excluding carboxylic acids is 1. The highest BCUT2D eigenvalue weighted by Crippen LogP contribution is 2.21. The predicted octanol–water partition coefficient (Wildman–Crippen LogP) is 3.09. The van der Waals surface area contributed by atoms with Crippen molar-refractivity contribution in [2.75, 3.05) is 6.54 Å². The van der Waals surface area contributed by atoms with E-state index >= 15 is 0 Å². The molecule has 1 unspecified atom stereocenters. The lowest BCUT2D eigenvalue weighted by Gasteiger charge is -2.35. The number of piperidine rings is 1. The number of amides is 2. The van der Waals surface area contributed by atoms with E-state index in [2.05, 4.69) is 25.0 Å². The topological polar surface area (TPSA) is 89.1 Å². The summed E-state index contributed by atoms with van der Waals surface area (Å²) in [6.07, 6.45) is 11.4. The molecule has 28 heavy (non-hydrogen) atoms. The number of likely N-dealkylation sites (tertiary alicyclic amines) is 1. The molecule has 1 atom stereocenters. The maximum atomic E-state index is 12.7. The molecule has 1 saturated heterocycles. The Kier molecular flexibility index (Phi) is 5.65. The molecule has 0 saturated carbocycles. The van der Waals surface area contributed by atoms with Gasteiger partial charge in [0.1, 0.15) is 5.69 Å². The molecule has 3 aromatic rings. The SMILES string of the molecule is O=C(NCc1cc(-c2ccccn2)no1)N1CCCCC1CCn1ccnc1. The third-order valence-electron chi connectivity index (χ3n) is 5.07. The van der Waals surface area contributed by atoms with Crippen LogP contribution in [0.5, 0.6) is 0 Å². The highest BCUT2D eigenvalue weighted by Gasteiger charge is 2.26. The second-order valence-electron chi connectivity index (χ2n) is 6.98. The van der Waals surface area contributed by atoms with Crippen molar-refractivity contribution in [2.24, 2.45) is 0 Å². The van der Waals surface area contributed by atoms with Gasteiger partial charge >= 0.3 is 6.03 Å². The fourth-order valence-electron chi connectivity index (χ4n) is 3.58. The van der Waals surface area contributed by atoms with Gasteiger partial charge in [0.05, 0.1) is 18.6 Å². The van der Waals surface area contributed by atoms with Crippen molar-refractivity contribution in [3.05, 3.63) is 54.9 Å². The molecule has 3 aromatic heterocycles. The minimum atomic E-state index is -0.0499. The summed E-state index contributed by atoms with van der Waals surface area (Å²) in [7, 11) is 0. The van der Waals surface area contributed by atoms with E-state index < -0.39 is 0 Å². The van der Waals surface area contributed by atoms with E-state index in [-0.39, 0.29) is 12.1 Å². The monoisotopic (exact) mass is 380 g/mol. The molecular formula is C20H24N6O2. The molecule has 8 heteroatoms. The fourth-order valence-corrected chi connectivity index (χ4v) is 3.58. The number of carbonyl (C=O) groups is 1. The smallest absolute Gasteiger partial charge is 0.318 e. The van der Waals surface area contributed by atoms with Gasteiger partial charge in [0, 0.05) is 43.8 Å². The van der Waals surface area contributed by atoms with Crippen LogP contribution in [0.1, 0.15) is 31.4 Å². The quantitative estimate of drug-likeness (QED) is 0.710.